The summed E-state index contributed by atoms with van der Waals surface area (Å²) in [7, 11) is 3.10. The number of carboxylic acids is 1. The first-order valence-electron chi connectivity index (χ1n) is 16.8. The van der Waals surface area contributed by atoms with Crippen LogP contribution in [0, 0.1) is 0 Å². The van der Waals surface area contributed by atoms with Gasteiger partial charge < -0.3 is 74.2 Å². The van der Waals surface area contributed by atoms with E-state index in [2.05, 4.69) is 10.3 Å². The van der Waals surface area contributed by atoms with E-state index in [9.17, 15) is 24.9 Å². The maximum Gasteiger partial charge on any atom is 0.317 e. The molecular weight excluding hydrogens is 696 g/mol. The summed E-state index contributed by atoms with van der Waals surface area (Å²) >= 11 is 0. The van der Waals surface area contributed by atoms with Crippen LogP contribution in [0.5, 0.6) is 28.7 Å². The zero-order valence-electron chi connectivity index (χ0n) is 28.5. The Morgan fingerprint density at radius 2 is 1.92 bits per heavy atom. The molecule has 1 fully saturated rings. The Kier molecular flexibility index (Phi) is 8.62. The van der Waals surface area contributed by atoms with Crippen LogP contribution in [0.15, 0.2) is 61.2 Å². The van der Waals surface area contributed by atoms with Crippen molar-refractivity contribution in [2.75, 3.05) is 20.8 Å². The predicted molar refractivity (Wildman–Crippen MR) is 182 cm³/mol. The topological polar surface area (TPSA) is 238 Å². The number of nitrogens with one attached hydrogen (secondary N) is 2. The number of carboxylic acid groups (broad SMARTS) is 1. The number of nitrogens with zero attached hydrogens (tertiary/aromatic N) is 1. The second kappa shape index (κ2) is 13.2. The average Bonchev–Trinajstić information content (AvgIpc) is 3.84. The molecule has 0 aliphatic carbocycles. The highest BCUT2D eigenvalue weighted by molar-refractivity contribution is 5.90. The minimum absolute atomic E-state index is 0.175. The van der Waals surface area contributed by atoms with Crippen molar-refractivity contribution in [1.29, 1.82) is 0 Å². The first kappa shape index (κ1) is 34.6. The predicted octanol–water partition coefficient (Wildman–Crippen LogP) is 0.989. The van der Waals surface area contributed by atoms with Gasteiger partial charge in [-0.15, -0.1) is 0 Å². The number of esters is 1. The highest BCUT2D eigenvalue weighted by Gasteiger charge is 2.61. The Morgan fingerprint density at radius 1 is 1.09 bits per heavy atom. The Bertz CT molecular complexity index is 2070. The van der Waals surface area contributed by atoms with Gasteiger partial charge in [-0.3, -0.25) is 9.59 Å². The lowest BCUT2D eigenvalue weighted by molar-refractivity contribution is -0.321. The number of fused-ring (bicyclic) bond motifs is 6. The summed E-state index contributed by atoms with van der Waals surface area (Å²) in [5, 5.41) is 46.3. The van der Waals surface area contributed by atoms with Crippen LogP contribution >= 0.6 is 0 Å². The van der Waals surface area contributed by atoms with Crippen LogP contribution < -0.4 is 34.7 Å². The lowest BCUT2D eigenvalue weighted by Gasteiger charge is -2.52. The quantitative estimate of drug-likeness (QED) is 0.0938. The van der Waals surface area contributed by atoms with Gasteiger partial charge in [0.25, 0.3) is 0 Å². The van der Waals surface area contributed by atoms with Crippen molar-refractivity contribution in [2.45, 2.75) is 67.5 Å². The Morgan fingerprint density at radius 3 is 2.68 bits per heavy atom. The second-order valence-electron chi connectivity index (χ2n) is 13.3. The Balaban J connectivity index is 1.16. The maximum atomic E-state index is 12.5. The molecule has 17 heteroatoms. The van der Waals surface area contributed by atoms with Crippen molar-refractivity contribution in [2.24, 2.45) is 5.73 Å². The van der Waals surface area contributed by atoms with Crippen molar-refractivity contribution in [3.63, 3.8) is 0 Å². The van der Waals surface area contributed by atoms with E-state index in [-0.39, 0.29) is 18.3 Å². The highest BCUT2D eigenvalue weighted by atomic mass is 16.7. The molecule has 0 radical (unpaired) electrons. The Labute approximate surface area is 301 Å². The fraction of sp³-hybridized carbons (Fsp3) is 0.389. The fourth-order valence-electron chi connectivity index (χ4n) is 7.68. The molecule has 0 saturated carbocycles. The molecule has 4 aliphatic heterocycles. The number of nitrogens with two attached hydrogens (primary N) is 1. The van der Waals surface area contributed by atoms with Crippen molar-refractivity contribution in [1.82, 2.24) is 14.9 Å². The summed E-state index contributed by atoms with van der Waals surface area (Å²) in [6, 6.07) is 9.09. The van der Waals surface area contributed by atoms with Crippen LogP contribution in [0.1, 0.15) is 35.1 Å². The standard InChI is InChI=1S/C36H38N4O13/c1-47-22-4-3-19-20-15-49-23-10-18(9-17(13-40-12-16-5-7-38-21(16)14-40)26(23)29(20)52-30(19)31(22)48-2)50-35-28(45)27(44)32(46)36(53-35)6-8-39-34(37)33(36)51-25(43)11-24(41)42/h3-10,12,14,20,27-29,32-35,38-39,44-46H,11,13,15,37H2,1-2H3,(H,41,42). The van der Waals surface area contributed by atoms with E-state index in [4.69, 9.17) is 44.0 Å². The molecule has 9 unspecified atom stereocenters. The number of aromatic amines is 1. The first-order chi connectivity index (χ1) is 25.5. The molecule has 4 aliphatic rings. The number of aliphatic carboxylic acids is 1. The van der Waals surface area contributed by atoms with Crippen LogP contribution in [0.4, 0.5) is 0 Å². The molecule has 17 nitrogen and oxygen atoms in total. The highest BCUT2D eigenvalue weighted by Crippen LogP contribution is 2.57. The van der Waals surface area contributed by atoms with Crippen LogP contribution in [0.2, 0.25) is 0 Å². The van der Waals surface area contributed by atoms with Gasteiger partial charge in [-0.2, -0.15) is 0 Å². The molecule has 4 aromatic rings. The third-order valence-electron chi connectivity index (χ3n) is 10.2. The monoisotopic (exact) mass is 734 g/mol. The van der Waals surface area contributed by atoms with Gasteiger partial charge in [0, 0.05) is 47.7 Å². The van der Waals surface area contributed by atoms with Crippen molar-refractivity contribution in [3.05, 3.63) is 77.9 Å². The van der Waals surface area contributed by atoms with Crippen LogP contribution in [0.25, 0.3) is 10.9 Å². The summed E-state index contributed by atoms with van der Waals surface area (Å²) in [6.07, 6.45) is -3.00. The fourth-order valence-corrected chi connectivity index (χ4v) is 7.68. The van der Waals surface area contributed by atoms with E-state index in [1.807, 2.05) is 41.4 Å². The summed E-state index contributed by atoms with van der Waals surface area (Å²) in [5.74, 6) is -0.614. The summed E-state index contributed by atoms with van der Waals surface area (Å²) in [5.41, 5.74) is 7.48. The number of hydrogen-bond donors (Lipinski definition) is 7. The Hall–Kier alpha value is -5.46. The van der Waals surface area contributed by atoms with Crippen molar-refractivity contribution < 1.29 is 63.2 Å². The van der Waals surface area contributed by atoms with Crippen LogP contribution in [-0.2, 0) is 25.6 Å². The number of benzene rings is 2. The summed E-state index contributed by atoms with van der Waals surface area (Å²) < 4.78 is 44.0. The number of methoxy groups -OCH3 is 2. The smallest absolute Gasteiger partial charge is 0.317 e. The molecule has 2 aromatic carbocycles. The van der Waals surface area contributed by atoms with E-state index in [0.29, 0.717) is 29.5 Å². The van der Waals surface area contributed by atoms with E-state index >= 15 is 0 Å². The zero-order valence-corrected chi connectivity index (χ0v) is 28.5. The van der Waals surface area contributed by atoms with E-state index in [0.717, 1.165) is 27.6 Å². The molecule has 1 spiro atoms. The molecule has 6 heterocycles. The third kappa shape index (κ3) is 5.77. The van der Waals surface area contributed by atoms with Crippen molar-refractivity contribution >= 4 is 22.8 Å². The number of H-pyrrole nitrogens is 1. The molecule has 0 amide bonds. The number of carbonyl (C=O) groups excluding carboxylic acids is 1. The summed E-state index contributed by atoms with van der Waals surface area (Å²) in [4.78, 5) is 26.9. The molecule has 8 rings (SSSR count). The molecule has 8 N–H and O–H groups in total. The van der Waals surface area contributed by atoms with Gasteiger partial charge in [-0.05, 0) is 36.0 Å². The number of rotatable bonds is 9. The molecule has 0 bridgehead atoms. The van der Waals surface area contributed by atoms with Crippen LogP contribution in [-0.4, -0.2) is 105 Å². The molecule has 280 valence electrons. The summed E-state index contributed by atoms with van der Waals surface area (Å²) in [6.45, 7) is 0.601. The molecule has 2 aromatic heterocycles. The lowest BCUT2D eigenvalue weighted by atomic mass is 9.79. The number of hydrogen-bond acceptors (Lipinski definition) is 14. The second-order valence-corrected chi connectivity index (χ2v) is 13.3. The van der Waals surface area contributed by atoms with Gasteiger partial charge in [0.15, 0.2) is 23.2 Å². The van der Waals surface area contributed by atoms with Gasteiger partial charge in [0.1, 0.15) is 48.5 Å². The van der Waals surface area contributed by atoms with Crippen LogP contribution in [0.3, 0.4) is 0 Å². The maximum absolute atomic E-state index is 12.5. The first-order valence-corrected chi connectivity index (χ1v) is 16.8. The molecule has 53 heavy (non-hydrogen) atoms. The molecule has 1 saturated heterocycles. The van der Waals surface area contributed by atoms with Gasteiger partial charge in [-0.1, -0.05) is 6.07 Å². The number of carbonyl (C=O) groups is 2. The molecule has 9 atom stereocenters. The molecular formula is C36H38N4O13. The minimum atomic E-state index is -2.06. The van der Waals surface area contributed by atoms with Gasteiger partial charge in [-0.25, -0.2) is 0 Å². The van der Waals surface area contributed by atoms with Gasteiger partial charge >= 0.3 is 11.9 Å². The van der Waals surface area contributed by atoms with Crippen molar-refractivity contribution in [3.8, 4) is 28.7 Å². The number of aliphatic hydroxyl groups excluding tert-OH is 3. The van der Waals surface area contributed by atoms with E-state index in [1.165, 1.54) is 12.3 Å². The van der Waals surface area contributed by atoms with Gasteiger partial charge in [0.2, 0.25) is 12.0 Å². The number of aliphatic hydroxyl groups is 3. The number of ether oxygens (including phenoxy) is 7. The SMILES string of the molecule is COc1ccc2c(c1OC)OC1c3c(Cn4cc5cc[nH]c5c4)cc(OC4OC5(C=CNC(N)C5OC(=O)CC(=O)O)C(O)C(O)C4O)cc3OCC21. The third-order valence-corrected chi connectivity index (χ3v) is 10.2. The minimum Gasteiger partial charge on any atom is -0.493 e. The number of aromatic nitrogens is 2. The van der Waals surface area contributed by atoms with Gasteiger partial charge in [0.05, 0.1) is 32.3 Å². The zero-order chi connectivity index (χ0) is 37.2. The normalized spacial score (nSPS) is 29.6. The average molecular weight is 735 g/mol. The van der Waals surface area contributed by atoms with E-state index in [1.54, 1.807) is 26.4 Å². The lowest BCUT2D eigenvalue weighted by Crippen LogP contribution is -2.74. The van der Waals surface area contributed by atoms with E-state index < -0.39 is 66.9 Å². The largest absolute Gasteiger partial charge is 0.493 e.